The summed E-state index contributed by atoms with van der Waals surface area (Å²) in [6.45, 7) is -3.57. The van der Waals surface area contributed by atoms with Crippen molar-refractivity contribution in [2.45, 2.75) is 18.5 Å². The van der Waals surface area contributed by atoms with Gasteiger partial charge in [0.15, 0.2) is 6.08 Å². The maximum atomic E-state index is 10.9. The summed E-state index contributed by atoms with van der Waals surface area (Å²) in [5, 5.41) is 18.2. The summed E-state index contributed by atoms with van der Waals surface area (Å²) in [4.78, 5) is 10.9. The molecule has 1 fully saturated rings. The van der Waals surface area contributed by atoms with E-state index >= 15 is 0 Å². The van der Waals surface area contributed by atoms with E-state index in [-0.39, 0.29) is 0 Å². The molecule has 4 heteroatoms. The molecular formula is C5H8O4. The van der Waals surface area contributed by atoms with Gasteiger partial charge in [0.2, 0.25) is 0 Å². The lowest BCUT2D eigenvalue weighted by Gasteiger charge is -2.07. The van der Waals surface area contributed by atoms with E-state index in [9.17, 15) is 9.90 Å². The van der Waals surface area contributed by atoms with Gasteiger partial charge in [0.05, 0.1) is 18.4 Å². The monoisotopic (exact) mass is 138 g/mol. The summed E-state index contributed by atoms with van der Waals surface area (Å²) >= 11 is 0. The van der Waals surface area contributed by atoms with Crippen molar-refractivity contribution < 1.29 is 28.0 Å². The molecule has 1 rings (SSSR count). The summed E-state index contributed by atoms with van der Waals surface area (Å²) in [5.74, 6) is -1.77. The molecule has 0 aliphatic carbocycles. The van der Waals surface area contributed by atoms with Crippen LogP contribution >= 0.6 is 0 Å². The Morgan fingerprint density at radius 3 is 3.11 bits per heavy atom. The lowest BCUT2D eigenvalue weighted by Crippen LogP contribution is -2.24. The first-order chi connectivity index (χ1) is 6.38. The van der Waals surface area contributed by atoms with E-state index in [1.807, 2.05) is 0 Å². The van der Waals surface area contributed by atoms with Crippen molar-refractivity contribution >= 4 is 5.97 Å². The molecule has 1 heterocycles. The minimum Gasteiger partial charge on any atom is -0.457 e. The molecule has 0 bridgehead atoms. The first-order valence-electron chi connectivity index (χ1n) is 5.06. The number of aliphatic hydroxyl groups is 2. The second-order valence-electron chi connectivity index (χ2n) is 1.30. The Hall–Kier alpha value is -0.610. The third-order valence-electron chi connectivity index (χ3n) is 0.732. The number of hydrogen-bond acceptors (Lipinski definition) is 4. The fourth-order valence-corrected chi connectivity index (χ4v) is 0.396. The quantitative estimate of drug-likeness (QED) is 0.440. The Bertz CT molecular complexity index is 309. The fourth-order valence-electron chi connectivity index (χ4n) is 0.396. The Morgan fingerprint density at radius 1 is 2.22 bits per heavy atom. The fraction of sp³-hybridized carbons (Fsp3) is 0.800. The van der Waals surface area contributed by atoms with Gasteiger partial charge >= 0.3 is 5.97 Å². The topological polar surface area (TPSA) is 66.8 Å². The average Bonchev–Trinajstić information content (AvgIpc) is 2.10. The van der Waals surface area contributed by atoms with Crippen LogP contribution in [-0.2, 0) is 9.53 Å². The number of ether oxygens (including phenoxy) is 1. The molecule has 0 aromatic carbocycles. The molecule has 52 valence electrons. The minimum atomic E-state index is -3.57. The van der Waals surface area contributed by atoms with E-state index in [0.717, 1.165) is 0 Å². The zero-order chi connectivity index (χ0) is 12.3. The van der Waals surface area contributed by atoms with Crippen molar-refractivity contribution in [1.29, 1.82) is 0 Å². The Labute approximate surface area is 60.5 Å². The number of carbonyl (C=O) groups excluding carboxylic acids is 1. The molecule has 0 saturated carbocycles. The van der Waals surface area contributed by atoms with Crippen molar-refractivity contribution in [2.24, 2.45) is 0 Å². The highest BCUT2D eigenvalue weighted by molar-refractivity contribution is 5.72. The standard InChI is InChI=1S/C5H8O4/c6-2-4-3(7)1-5(8)9-4/h3-4,6-7H,1-2H2/t3-,4+/m0/s1/i1D2,2D2,3D,4D. The highest BCUT2D eigenvalue weighted by Crippen LogP contribution is 2.13. The van der Waals surface area contributed by atoms with Crippen LogP contribution in [0.25, 0.3) is 0 Å². The first-order valence-corrected chi connectivity index (χ1v) is 2.06. The predicted octanol–water partition coefficient (Wildman–Crippen LogP) is -1.34. The van der Waals surface area contributed by atoms with Crippen molar-refractivity contribution in [3.8, 4) is 0 Å². The number of esters is 1. The number of rotatable bonds is 1. The molecule has 4 nitrogen and oxygen atoms in total. The van der Waals surface area contributed by atoms with Crippen molar-refractivity contribution in [3.05, 3.63) is 0 Å². The van der Waals surface area contributed by atoms with Crippen LogP contribution in [0.4, 0.5) is 0 Å². The van der Waals surface area contributed by atoms with E-state index in [1.54, 1.807) is 0 Å². The number of carbonyl (C=O) groups is 1. The molecule has 9 heavy (non-hydrogen) atoms. The van der Waals surface area contributed by atoms with E-state index in [2.05, 4.69) is 4.74 Å². The van der Waals surface area contributed by atoms with Gasteiger partial charge in [0.25, 0.3) is 0 Å². The second-order valence-corrected chi connectivity index (χ2v) is 1.30. The van der Waals surface area contributed by atoms with Gasteiger partial charge in [0.1, 0.15) is 6.08 Å². The lowest BCUT2D eigenvalue weighted by atomic mass is 10.2. The molecule has 1 saturated heterocycles. The van der Waals surface area contributed by atoms with Gasteiger partial charge in [-0.25, -0.2) is 0 Å². The smallest absolute Gasteiger partial charge is 0.309 e. The molecule has 0 spiro atoms. The van der Waals surface area contributed by atoms with Crippen molar-refractivity contribution in [1.82, 2.24) is 0 Å². The lowest BCUT2D eigenvalue weighted by molar-refractivity contribution is -0.143. The predicted molar refractivity (Wildman–Crippen MR) is 27.6 cm³/mol. The molecular weight excluding hydrogens is 124 g/mol. The normalized spacial score (nSPS) is 68.0. The zero-order valence-corrected chi connectivity index (χ0v) is 4.21. The van der Waals surface area contributed by atoms with Gasteiger partial charge in [-0.15, -0.1) is 0 Å². The molecule has 1 aliphatic heterocycles. The molecule has 2 atom stereocenters. The van der Waals surface area contributed by atoms with Crippen LogP contribution in [0.1, 0.15) is 14.6 Å². The van der Waals surface area contributed by atoms with Crippen LogP contribution in [0.2, 0.25) is 0 Å². The molecule has 0 amide bonds. The van der Waals surface area contributed by atoms with Gasteiger partial charge in [-0.3, -0.25) is 4.79 Å². The second kappa shape index (κ2) is 2.33. The summed E-state index contributed by atoms with van der Waals surface area (Å²) < 4.78 is 45.7. The van der Waals surface area contributed by atoms with E-state index in [4.69, 9.17) is 13.3 Å². The summed E-state index contributed by atoms with van der Waals surface area (Å²) in [6, 6.07) is 0. The number of hydrogen-bond donors (Lipinski definition) is 2. The largest absolute Gasteiger partial charge is 0.457 e. The zero-order valence-electron chi connectivity index (χ0n) is 10.2. The van der Waals surface area contributed by atoms with Crippen molar-refractivity contribution in [3.63, 3.8) is 0 Å². The van der Waals surface area contributed by atoms with Crippen molar-refractivity contribution in [2.75, 3.05) is 6.56 Å². The van der Waals surface area contributed by atoms with Crippen LogP contribution in [0, 0.1) is 0 Å². The Balaban J connectivity index is 3.34. The minimum absolute atomic E-state index is 1.77. The van der Waals surface area contributed by atoms with Gasteiger partial charge in [-0.1, -0.05) is 0 Å². The van der Waals surface area contributed by atoms with Gasteiger partial charge in [-0.05, 0) is 0 Å². The molecule has 1 aliphatic rings. The average molecular weight is 138 g/mol. The molecule has 0 radical (unpaired) electrons. The third kappa shape index (κ3) is 1.20. The van der Waals surface area contributed by atoms with E-state index < -0.39 is 31.1 Å². The summed E-state index contributed by atoms with van der Waals surface area (Å²) in [5.41, 5.74) is 0. The highest BCUT2D eigenvalue weighted by atomic mass is 16.6. The SMILES string of the molecule is [2H]C1([2H])C(=O)O[C@]([2H])(C([2H])([2H])O)[C@@]1([2H])O. The van der Waals surface area contributed by atoms with Gasteiger partial charge in [0, 0.05) is 2.74 Å². The molecule has 0 unspecified atom stereocenters. The Morgan fingerprint density at radius 2 is 2.89 bits per heavy atom. The van der Waals surface area contributed by atoms with Crippen LogP contribution < -0.4 is 0 Å². The van der Waals surface area contributed by atoms with E-state index in [0.29, 0.717) is 0 Å². The van der Waals surface area contributed by atoms with Gasteiger partial charge in [-0.2, -0.15) is 0 Å². The van der Waals surface area contributed by atoms with Crippen LogP contribution in [0.3, 0.4) is 0 Å². The Kier molecular flexibility index (Phi) is 0.572. The maximum absolute atomic E-state index is 10.9. The summed E-state index contributed by atoms with van der Waals surface area (Å²) in [7, 11) is 0. The maximum Gasteiger partial charge on any atom is 0.309 e. The summed E-state index contributed by atoms with van der Waals surface area (Å²) in [6.07, 6.45) is -10.3. The van der Waals surface area contributed by atoms with Crippen LogP contribution in [-0.4, -0.2) is 34.9 Å². The molecule has 0 aromatic rings. The van der Waals surface area contributed by atoms with E-state index in [1.165, 1.54) is 0 Å². The van der Waals surface area contributed by atoms with Crippen LogP contribution in [0.5, 0.6) is 0 Å². The number of cyclic esters (lactones) is 1. The molecule has 2 N–H and O–H groups in total. The first kappa shape index (κ1) is 2.21. The van der Waals surface area contributed by atoms with Crippen LogP contribution in [0.15, 0.2) is 0 Å². The molecule has 0 aromatic heterocycles. The highest BCUT2D eigenvalue weighted by Gasteiger charge is 2.32. The third-order valence-corrected chi connectivity index (χ3v) is 0.732. The van der Waals surface area contributed by atoms with Gasteiger partial charge < -0.3 is 14.9 Å².